The van der Waals surface area contributed by atoms with E-state index in [0.717, 1.165) is 10.9 Å². The van der Waals surface area contributed by atoms with Crippen molar-refractivity contribution >= 4 is 50.2 Å². The van der Waals surface area contributed by atoms with Gasteiger partial charge < -0.3 is 14.5 Å². The zero-order valence-corrected chi connectivity index (χ0v) is 18.5. The molecule has 0 radical (unpaired) electrons. The number of fused-ring (bicyclic) bond motifs is 1. The number of amides is 1. The summed E-state index contributed by atoms with van der Waals surface area (Å²) in [6.45, 7) is 2.01. The van der Waals surface area contributed by atoms with Crippen molar-refractivity contribution in [3.8, 4) is 17.2 Å². The van der Waals surface area contributed by atoms with Crippen molar-refractivity contribution < 1.29 is 13.9 Å². The van der Waals surface area contributed by atoms with Crippen LogP contribution < -0.4 is 10.1 Å². The van der Waals surface area contributed by atoms with Crippen molar-refractivity contribution in [3.05, 3.63) is 75.7 Å². The number of carbonyl (C=O) groups excluding carboxylic acids is 1. The monoisotopic (exact) mass is 484 g/mol. The minimum Gasteiger partial charge on any atom is -0.484 e. The van der Waals surface area contributed by atoms with Gasteiger partial charge in [0.2, 0.25) is 5.89 Å². The summed E-state index contributed by atoms with van der Waals surface area (Å²) in [4.78, 5) is 16.8. The minimum absolute atomic E-state index is 0.0821. The molecule has 1 N–H and O–H groups in total. The van der Waals surface area contributed by atoms with Crippen LogP contribution in [-0.2, 0) is 11.2 Å². The fraction of sp³-hybridized carbons (Fsp3) is 0.130. The Bertz CT molecular complexity index is 1210. The molecule has 0 bridgehead atoms. The van der Waals surface area contributed by atoms with Crippen molar-refractivity contribution in [1.29, 1.82) is 0 Å². The van der Waals surface area contributed by atoms with Gasteiger partial charge in [0.15, 0.2) is 12.2 Å². The van der Waals surface area contributed by atoms with Gasteiger partial charge in [-0.1, -0.05) is 46.6 Å². The summed E-state index contributed by atoms with van der Waals surface area (Å²) in [6, 6.07) is 18.4. The second kappa shape index (κ2) is 8.90. The minimum atomic E-state index is -0.257. The van der Waals surface area contributed by atoms with Gasteiger partial charge in [-0.15, -0.1) is 0 Å². The summed E-state index contributed by atoms with van der Waals surface area (Å²) >= 11 is 9.70. The third kappa shape index (κ3) is 4.66. The van der Waals surface area contributed by atoms with E-state index in [4.69, 9.17) is 20.8 Å². The van der Waals surface area contributed by atoms with Crippen molar-refractivity contribution in [2.45, 2.75) is 13.3 Å². The number of aromatic nitrogens is 1. The molecule has 1 aromatic heterocycles. The predicted octanol–water partition coefficient (Wildman–Crippen LogP) is 6.49. The van der Waals surface area contributed by atoms with E-state index < -0.39 is 0 Å². The number of benzene rings is 3. The molecule has 0 unspecified atom stereocenters. The van der Waals surface area contributed by atoms with Gasteiger partial charge in [-0.05, 0) is 60.5 Å². The molecule has 3 aromatic carbocycles. The molecule has 152 valence electrons. The van der Waals surface area contributed by atoms with Crippen LogP contribution in [0.15, 0.2) is 69.6 Å². The van der Waals surface area contributed by atoms with Crippen LogP contribution in [0.3, 0.4) is 0 Å². The summed E-state index contributed by atoms with van der Waals surface area (Å²) in [6.07, 6.45) is 0.959. The molecule has 0 saturated heterocycles. The summed E-state index contributed by atoms with van der Waals surface area (Å²) in [5.74, 6) is 0.816. The van der Waals surface area contributed by atoms with Crippen LogP contribution >= 0.6 is 27.5 Å². The maximum atomic E-state index is 12.3. The molecule has 1 heterocycles. The molecule has 0 aliphatic carbocycles. The van der Waals surface area contributed by atoms with E-state index in [1.165, 1.54) is 5.56 Å². The maximum Gasteiger partial charge on any atom is 0.262 e. The molecule has 0 aliphatic rings. The van der Waals surface area contributed by atoms with Gasteiger partial charge in [0.1, 0.15) is 11.3 Å². The van der Waals surface area contributed by atoms with E-state index in [-0.39, 0.29) is 12.5 Å². The first-order valence-corrected chi connectivity index (χ1v) is 10.6. The Kier molecular flexibility index (Phi) is 6.06. The molecule has 0 spiro atoms. The number of halogens is 2. The number of anilines is 1. The number of nitrogens with zero attached hydrogens (tertiary/aromatic N) is 1. The van der Waals surface area contributed by atoms with Crippen LogP contribution in [0.25, 0.3) is 22.6 Å². The van der Waals surface area contributed by atoms with Crippen LogP contribution in [0.4, 0.5) is 5.69 Å². The lowest BCUT2D eigenvalue weighted by molar-refractivity contribution is -0.118. The Morgan fingerprint density at radius 1 is 1.13 bits per heavy atom. The first-order valence-electron chi connectivity index (χ1n) is 9.39. The Hall–Kier alpha value is -2.83. The average Bonchev–Trinajstić information content (AvgIpc) is 3.17. The molecular formula is C23H18BrClN2O3. The van der Waals surface area contributed by atoms with Gasteiger partial charge in [0.25, 0.3) is 5.91 Å². The van der Waals surface area contributed by atoms with E-state index in [0.29, 0.717) is 39.0 Å². The van der Waals surface area contributed by atoms with Gasteiger partial charge in [-0.3, -0.25) is 4.79 Å². The summed E-state index contributed by atoms with van der Waals surface area (Å²) in [7, 11) is 0. The highest BCUT2D eigenvalue weighted by molar-refractivity contribution is 9.10. The van der Waals surface area contributed by atoms with Crippen LogP contribution in [0.1, 0.15) is 12.5 Å². The fourth-order valence-electron chi connectivity index (χ4n) is 2.95. The molecular weight excluding hydrogens is 468 g/mol. The highest BCUT2D eigenvalue weighted by atomic mass is 79.9. The van der Waals surface area contributed by atoms with Crippen LogP contribution in [0, 0.1) is 0 Å². The lowest BCUT2D eigenvalue weighted by Crippen LogP contribution is -2.20. The van der Waals surface area contributed by atoms with Crippen LogP contribution in [-0.4, -0.2) is 17.5 Å². The van der Waals surface area contributed by atoms with Gasteiger partial charge in [0.05, 0.1) is 10.6 Å². The van der Waals surface area contributed by atoms with E-state index >= 15 is 0 Å². The fourth-order valence-corrected chi connectivity index (χ4v) is 3.51. The molecule has 7 heteroatoms. The second-order valence-corrected chi connectivity index (χ2v) is 7.98. The van der Waals surface area contributed by atoms with E-state index in [1.54, 1.807) is 24.3 Å². The number of aryl methyl sites for hydroxylation is 1. The Labute approximate surface area is 187 Å². The number of oxazole rings is 1. The topological polar surface area (TPSA) is 64.4 Å². The first kappa shape index (κ1) is 20.4. The van der Waals surface area contributed by atoms with Crippen LogP contribution in [0.5, 0.6) is 5.75 Å². The SMILES string of the molecule is CCc1ccc(OCC(=O)Nc2ccc3oc(-c4cc(Br)ccc4Cl)nc3c2)cc1. The Morgan fingerprint density at radius 3 is 2.70 bits per heavy atom. The third-order valence-corrected chi connectivity index (χ3v) is 5.35. The number of rotatable bonds is 6. The second-order valence-electron chi connectivity index (χ2n) is 6.66. The third-order valence-electron chi connectivity index (χ3n) is 4.53. The molecule has 5 nitrogen and oxygen atoms in total. The lowest BCUT2D eigenvalue weighted by Gasteiger charge is -2.08. The zero-order valence-electron chi connectivity index (χ0n) is 16.1. The van der Waals surface area contributed by atoms with Gasteiger partial charge >= 0.3 is 0 Å². The van der Waals surface area contributed by atoms with Crippen molar-refractivity contribution in [2.24, 2.45) is 0 Å². The van der Waals surface area contributed by atoms with Crippen LogP contribution in [0.2, 0.25) is 5.02 Å². The van der Waals surface area contributed by atoms with Crippen molar-refractivity contribution in [3.63, 3.8) is 0 Å². The standard InChI is InChI=1S/C23H18BrClN2O3/c1-2-14-3-7-17(8-4-14)29-13-22(28)26-16-6-10-21-20(12-16)27-23(30-21)18-11-15(24)5-9-19(18)25/h3-12H,2,13H2,1H3,(H,26,28). The summed E-state index contributed by atoms with van der Waals surface area (Å²) in [5, 5.41) is 3.36. The average molecular weight is 486 g/mol. The van der Waals surface area contributed by atoms with Crippen molar-refractivity contribution in [1.82, 2.24) is 4.98 Å². The molecule has 0 saturated carbocycles. The zero-order chi connectivity index (χ0) is 21.1. The quantitative estimate of drug-likeness (QED) is 0.339. The predicted molar refractivity (Wildman–Crippen MR) is 122 cm³/mol. The van der Waals surface area contributed by atoms with E-state index in [2.05, 4.69) is 33.2 Å². The molecule has 4 rings (SSSR count). The largest absolute Gasteiger partial charge is 0.484 e. The molecule has 0 aliphatic heterocycles. The van der Waals surface area contributed by atoms with Gasteiger partial charge in [-0.25, -0.2) is 4.98 Å². The van der Waals surface area contributed by atoms with Crippen molar-refractivity contribution in [2.75, 3.05) is 11.9 Å². The van der Waals surface area contributed by atoms with Gasteiger partial charge in [0, 0.05) is 10.2 Å². The van der Waals surface area contributed by atoms with E-state index in [1.807, 2.05) is 36.4 Å². The first-order chi connectivity index (χ1) is 14.5. The number of hydrogen-bond donors (Lipinski definition) is 1. The summed E-state index contributed by atoms with van der Waals surface area (Å²) < 4.78 is 12.2. The smallest absolute Gasteiger partial charge is 0.262 e. The molecule has 0 fully saturated rings. The molecule has 4 aromatic rings. The number of carbonyl (C=O) groups is 1. The van der Waals surface area contributed by atoms with E-state index in [9.17, 15) is 4.79 Å². The highest BCUT2D eigenvalue weighted by Crippen LogP contribution is 2.32. The number of hydrogen-bond acceptors (Lipinski definition) is 4. The Balaban J connectivity index is 1.45. The lowest BCUT2D eigenvalue weighted by atomic mass is 10.2. The summed E-state index contributed by atoms with van der Waals surface area (Å²) in [5.41, 5.74) is 3.74. The number of nitrogens with one attached hydrogen (secondary N) is 1. The van der Waals surface area contributed by atoms with Gasteiger partial charge in [-0.2, -0.15) is 0 Å². The molecule has 1 amide bonds. The maximum absolute atomic E-state index is 12.3. The highest BCUT2D eigenvalue weighted by Gasteiger charge is 2.13. The molecule has 0 atom stereocenters. The number of ether oxygens (including phenoxy) is 1. The Morgan fingerprint density at radius 2 is 1.93 bits per heavy atom. The normalized spacial score (nSPS) is 10.9. The molecule has 30 heavy (non-hydrogen) atoms.